The van der Waals surface area contributed by atoms with E-state index in [2.05, 4.69) is 13.8 Å². The Morgan fingerprint density at radius 1 is 1.14 bits per heavy atom. The van der Waals surface area contributed by atoms with Crippen molar-refractivity contribution in [2.24, 2.45) is 5.92 Å². The highest BCUT2D eigenvalue weighted by atomic mass is 31.2. The minimum Gasteiger partial charge on any atom is -0.328 e. The average molecular weight is 222 g/mol. The number of unbranched alkanes of at least 4 members (excludes halogenated alkanes) is 1. The highest BCUT2D eigenvalue weighted by Crippen LogP contribution is 2.25. The average Bonchev–Trinajstić information content (AvgIpc) is 2.16. The third-order valence-electron chi connectivity index (χ3n) is 2.51. The summed E-state index contributed by atoms with van der Waals surface area (Å²) in [6.45, 7) is 4.90. The summed E-state index contributed by atoms with van der Waals surface area (Å²) in [5.41, 5.74) is 0. The van der Waals surface area contributed by atoms with Gasteiger partial charge in [0.25, 0.3) is 0 Å². The fraction of sp³-hybridized carbons (Fsp3) is 1.00. The molecule has 0 spiro atoms. The lowest BCUT2D eigenvalue weighted by Crippen LogP contribution is -2.01. The molecular weight excluding hydrogens is 199 g/mol. The van der Waals surface area contributed by atoms with Gasteiger partial charge in [-0.25, -0.2) is 0 Å². The van der Waals surface area contributed by atoms with Gasteiger partial charge in [0.05, 0.1) is 6.61 Å². The van der Waals surface area contributed by atoms with E-state index in [4.69, 9.17) is 14.3 Å². The Morgan fingerprint density at radius 2 is 1.79 bits per heavy atom. The van der Waals surface area contributed by atoms with Crippen molar-refractivity contribution in [2.75, 3.05) is 6.61 Å². The Labute approximate surface area is 88.5 Å². The Hall–Kier alpha value is 0.310. The van der Waals surface area contributed by atoms with Gasteiger partial charge in [0, 0.05) is 0 Å². The lowest BCUT2D eigenvalue weighted by Gasteiger charge is -2.13. The molecule has 2 N–H and O–H groups in total. The summed E-state index contributed by atoms with van der Waals surface area (Å²) in [4.78, 5) is 17.0. The first-order chi connectivity index (χ1) is 6.70. The normalized spacial score (nSPS) is 13.5. The topological polar surface area (TPSA) is 49.7 Å². The van der Waals surface area contributed by atoms with Crippen molar-refractivity contribution in [2.45, 2.75) is 52.4 Å². The molecule has 0 radical (unpaired) electrons. The van der Waals surface area contributed by atoms with Crippen LogP contribution in [-0.2, 0) is 4.52 Å². The summed E-state index contributed by atoms with van der Waals surface area (Å²) in [5.74, 6) is 0.780. The zero-order valence-corrected chi connectivity index (χ0v) is 10.2. The Balaban J connectivity index is 3.33. The van der Waals surface area contributed by atoms with E-state index < -0.39 is 8.60 Å². The van der Waals surface area contributed by atoms with Crippen molar-refractivity contribution in [1.29, 1.82) is 0 Å². The maximum absolute atomic E-state index is 8.51. The summed E-state index contributed by atoms with van der Waals surface area (Å²) in [6, 6.07) is 0. The largest absolute Gasteiger partial charge is 0.328 e. The smallest absolute Gasteiger partial charge is 0.327 e. The van der Waals surface area contributed by atoms with Gasteiger partial charge in [0.15, 0.2) is 0 Å². The van der Waals surface area contributed by atoms with E-state index in [0.29, 0.717) is 6.61 Å². The summed E-state index contributed by atoms with van der Waals surface area (Å²) in [7, 11) is -2.15. The van der Waals surface area contributed by atoms with Crippen LogP contribution in [-0.4, -0.2) is 16.4 Å². The molecule has 0 bridgehead atoms. The molecule has 86 valence electrons. The van der Waals surface area contributed by atoms with Gasteiger partial charge in [-0.3, -0.25) is 0 Å². The molecule has 0 aliphatic carbocycles. The van der Waals surface area contributed by atoms with Crippen molar-refractivity contribution in [3.05, 3.63) is 0 Å². The quantitative estimate of drug-likeness (QED) is 0.465. The van der Waals surface area contributed by atoms with Crippen molar-refractivity contribution < 1.29 is 14.3 Å². The van der Waals surface area contributed by atoms with E-state index in [1.807, 2.05) is 0 Å². The molecule has 0 aliphatic heterocycles. The second-order valence-electron chi connectivity index (χ2n) is 3.64. The first kappa shape index (κ1) is 14.3. The standard InChI is InChI=1S/C10H23O3P/c1-3-5-7-10(4-2)8-6-9-13-14(11)12/h10-12H,3-9H2,1-2H3. The molecule has 0 aromatic rings. The van der Waals surface area contributed by atoms with Crippen LogP contribution in [0, 0.1) is 5.92 Å². The molecule has 0 saturated carbocycles. The Bertz CT molecular complexity index is 120. The second-order valence-corrected chi connectivity index (χ2v) is 4.41. The fourth-order valence-electron chi connectivity index (χ4n) is 1.56. The minimum absolute atomic E-state index is 0.474. The summed E-state index contributed by atoms with van der Waals surface area (Å²) in [6.07, 6.45) is 7.13. The summed E-state index contributed by atoms with van der Waals surface area (Å²) in [5, 5.41) is 0. The molecule has 0 aromatic carbocycles. The van der Waals surface area contributed by atoms with Crippen molar-refractivity contribution in [3.63, 3.8) is 0 Å². The van der Waals surface area contributed by atoms with Gasteiger partial charge in [0.2, 0.25) is 0 Å². The van der Waals surface area contributed by atoms with Crippen LogP contribution in [0.25, 0.3) is 0 Å². The molecule has 0 heterocycles. The van der Waals surface area contributed by atoms with Crippen LogP contribution in [0.3, 0.4) is 0 Å². The van der Waals surface area contributed by atoms with E-state index in [1.54, 1.807) is 0 Å². The summed E-state index contributed by atoms with van der Waals surface area (Å²) < 4.78 is 4.72. The molecule has 3 nitrogen and oxygen atoms in total. The zero-order chi connectivity index (χ0) is 10.8. The van der Waals surface area contributed by atoms with Crippen LogP contribution >= 0.6 is 8.60 Å². The third-order valence-corrected chi connectivity index (χ3v) is 2.92. The molecule has 0 amide bonds. The number of hydrogen-bond acceptors (Lipinski definition) is 3. The molecule has 1 unspecified atom stereocenters. The molecule has 0 rings (SSSR count). The van der Waals surface area contributed by atoms with Gasteiger partial charge in [-0.15, -0.1) is 0 Å². The van der Waals surface area contributed by atoms with Crippen LogP contribution in [0.5, 0.6) is 0 Å². The molecule has 0 saturated heterocycles. The monoisotopic (exact) mass is 222 g/mol. The molecule has 0 aromatic heterocycles. The van der Waals surface area contributed by atoms with E-state index >= 15 is 0 Å². The molecule has 4 heteroatoms. The SMILES string of the molecule is CCCCC(CC)CCCOP(O)O. The second kappa shape index (κ2) is 9.85. The Kier molecular flexibility index (Phi) is 10.1. The number of hydrogen-bond donors (Lipinski definition) is 2. The predicted octanol–water partition coefficient (Wildman–Crippen LogP) is 3.21. The molecule has 0 fully saturated rings. The molecule has 14 heavy (non-hydrogen) atoms. The first-order valence-corrected chi connectivity index (χ1v) is 6.68. The summed E-state index contributed by atoms with van der Waals surface area (Å²) >= 11 is 0. The van der Waals surface area contributed by atoms with Gasteiger partial charge in [-0.1, -0.05) is 39.5 Å². The molecule has 0 aliphatic rings. The van der Waals surface area contributed by atoms with Crippen molar-refractivity contribution in [3.8, 4) is 0 Å². The van der Waals surface area contributed by atoms with Gasteiger partial charge < -0.3 is 14.3 Å². The van der Waals surface area contributed by atoms with Gasteiger partial charge in [0.1, 0.15) is 0 Å². The maximum Gasteiger partial charge on any atom is 0.327 e. The third kappa shape index (κ3) is 8.89. The minimum atomic E-state index is -2.15. The van der Waals surface area contributed by atoms with E-state index in [9.17, 15) is 0 Å². The highest BCUT2D eigenvalue weighted by Gasteiger charge is 2.06. The van der Waals surface area contributed by atoms with Gasteiger partial charge in [-0.05, 0) is 18.8 Å². The van der Waals surface area contributed by atoms with Gasteiger partial charge >= 0.3 is 8.60 Å². The predicted molar refractivity (Wildman–Crippen MR) is 59.8 cm³/mol. The Morgan fingerprint density at radius 3 is 2.29 bits per heavy atom. The number of rotatable bonds is 9. The van der Waals surface area contributed by atoms with Crippen LogP contribution < -0.4 is 0 Å². The van der Waals surface area contributed by atoms with Crippen LogP contribution in [0.2, 0.25) is 0 Å². The molecule has 1 atom stereocenters. The van der Waals surface area contributed by atoms with Crippen molar-refractivity contribution in [1.82, 2.24) is 0 Å². The maximum atomic E-state index is 8.51. The van der Waals surface area contributed by atoms with Crippen LogP contribution in [0.1, 0.15) is 52.4 Å². The van der Waals surface area contributed by atoms with E-state index in [0.717, 1.165) is 18.8 Å². The van der Waals surface area contributed by atoms with Gasteiger partial charge in [-0.2, -0.15) is 0 Å². The highest BCUT2D eigenvalue weighted by molar-refractivity contribution is 7.39. The first-order valence-electron chi connectivity index (χ1n) is 5.51. The van der Waals surface area contributed by atoms with Crippen molar-refractivity contribution >= 4 is 8.60 Å². The van der Waals surface area contributed by atoms with Crippen LogP contribution in [0.4, 0.5) is 0 Å². The fourth-order valence-corrected chi connectivity index (χ4v) is 1.86. The lowest BCUT2D eigenvalue weighted by atomic mass is 9.95. The zero-order valence-electron chi connectivity index (χ0n) is 9.28. The van der Waals surface area contributed by atoms with Crippen LogP contribution in [0.15, 0.2) is 0 Å². The van der Waals surface area contributed by atoms with E-state index in [-0.39, 0.29) is 0 Å². The molecular formula is C10H23O3P. The lowest BCUT2D eigenvalue weighted by molar-refractivity contribution is 0.240. The van der Waals surface area contributed by atoms with E-state index in [1.165, 1.54) is 25.7 Å².